The summed E-state index contributed by atoms with van der Waals surface area (Å²) in [4.78, 5) is 16.0. The maximum atomic E-state index is 14.2. The monoisotopic (exact) mass is 390 g/mol. The van der Waals surface area contributed by atoms with E-state index in [-0.39, 0.29) is 5.56 Å². The summed E-state index contributed by atoms with van der Waals surface area (Å²) in [7, 11) is 0. The van der Waals surface area contributed by atoms with Crippen LogP contribution in [0.1, 0.15) is 40.0 Å². The van der Waals surface area contributed by atoms with Gasteiger partial charge >= 0.3 is 6.09 Å². The number of cyclic esters (lactones) is 1. The lowest BCUT2D eigenvalue weighted by atomic mass is 9.96. The Morgan fingerprint density at radius 3 is 2.72 bits per heavy atom. The number of nitrogens with zero attached hydrogens (tertiary/aromatic N) is 1. The van der Waals surface area contributed by atoms with Crippen LogP contribution in [0, 0.1) is 30.4 Å². The Morgan fingerprint density at radius 1 is 1.07 bits per heavy atom. The smallest absolute Gasteiger partial charge is 0.408 e. The van der Waals surface area contributed by atoms with Crippen molar-refractivity contribution in [2.75, 3.05) is 0 Å². The Hall–Kier alpha value is -3.72. The molecule has 1 aliphatic heterocycles. The third-order valence-corrected chi connectivity index (χ3v) is 4.68. The lowest BCUT2D eigenvalue weighted by Crippen LogP contribution is -2.20. The highest BCUT2D eigenvalue weighted by Gasteiger charge is 2.38. The van der Waals surface area contributed by atoms with E-state index in [4.69, 9.17) is 4.74 Å². The maximum absolute atomic E-state index is 14.2. The molecule has 0 aliphatic carbocycles. The van der Waals surface area contributed by atoms with E-state index < -0.39 is 29.9 Å². The SMILES string of the molecule is Cc1ccccc1C#Cc1cncc(C2NC(=O)OC2c2cc(F)ccc2F)c1. The number of amides is 1. The number of aryl methyl sites for hydroxylation is 1. The molecule has 3 aromatic rings. The fraction of sp³-hybridized carbons (Fsp3) is 0.130. The molecule has 2 aromatic carbocycles. The van der Waals surface area contributed by atoms with Crippen molar-refractivity contribution >= 4 is 6.09 Å². The highest BCUT2D eigenvalue weighted by Crippen LogP contribution is 2.37. The van der Waals surface area contributed by atoms with Gasteiger partial charge in [0.15, 0.2) is 6.10 Å². The van der Waals surface area contributed by atoms with E-state index >= 15 is 0 Å². The number of hydrogen-bond acceptors (Lipinski definition) is 3. The Morgan fingerprint density at radius 2 is 1.90 bits per heavy atom. The van der Waals surface area contributed by atoms with Crippen molar-refractivity contribution < 1.29 is 18.3 Å². The molecule has 2 unspecified atom stereocenters. The number of pyridine rings is 1. The first-order valence-electron chi connectivity index (χ1n) is 8.96. The minimum atomic E-state index is -1.01. The second-order valence-electron chi connectivity index (χ2n) is 6.69. The van der Waals surface area contributed by atoms with Crippen molar-refractivity contribution in [3.05, 3.63) is 100 Å². The number of rotatable bonds is 2. The molecular weight excluding hydrogens is 374 g/mol. The molecule has 0 spiro atoms. The molecule has 0 radical (unpaired) electrons. The molecule has 6 heteroatoms. The first-order valence-corrected chi connectivity index (χ1v) is 8.96. The zero-order chi connectivity index (χ0) is 20.4. The van der Waals surface area contributed by atoms with Gasteiger partial charge in [-0.25, -0.2) is 13.6 Å². The number of carbonyl (C=O) groups is 1. The topological polar surface area (TPSA) is 51.2 Å². The summed E-state index contributed by atoms with van der Waals surface area (Å²) in [6, 6.07) is 11.8. The summed E-state index contributed by atoms with van der Waals surface area (Å²) in [6.07, 6.45) is 1.42. The van der Waals surface area contributed by atoms with Gasteiger partial charge in [-0.05, 0) is 48.4 Å². The van der Waals surface area contributed by atoms with Gasteiger partial charge in [0.1, 0.15) is 17.7 Å². The molecule has 144 valence electrons. The molecule has 2 heterocycles. The summed E-state index contributed by atoms with van der Waals surface area (Å²) < 4.78 is 33.1. The number of nitrogens with one attached hydrogen (secondary N) is 1. The predicted octanol–water partition coefficient (Wildman–Crippen LogP) is 4.59. The van der Waals surface area contributed by atoms with Crippen LogP contribution in [-0.2, 0) is 4.74 Å². The summed E-state index contributed by atoms with van der Waals surface area (Å²) in [5.41, 5.74) is 3.13. The van der Waals surface area contributed by atoms with Crippen LogP contribution < -0.4 is 5.32 Å². The van der Waals surface area contributed by atoms with Crippen molar-refractivity contribution in [1.82, 2.24) is 10.3 Å². The lowest BCUT2D eigenvalue weighted by molar-refractivity contribution is 0.130. The van der Waals surface area contributed by atoms with Crippen LogP contribution in [-0.4, -0.2) is 11.1 Å². The second-order valence-corrected chi connectivity index (χ2v) is 6.69. The molecule has 4 nitrogen and oxygen atoms in total. The van der Waals surface area contributed by atoms with Gasteiger partial charge < -0.3 is 10.1 Å². The van der Waals surface area contributed by atoms with E-state index in [0.29, 0.717) is 11.1 Å². The van der Waals surface area contributed by atoms with Gasteiger partial charge in [0.25, 0.3) is 0 Å². The molecule has 1 amide bonds. The zero-order valence-electron chi connectivity index (χ0n) is 15.4. The number of benzene rings is 2. The molecule has 0 saturated carbocycles. The van der Waals surface area contributed by atoms with Gasteiger partial charge in [-0.15, -0.1) is 0 Å². The van der Waals surface area contributed by atoms with Crippen LogP contribution >= 0.6 is 0 Å². The van der Waals surface area contributed by atoms with Crippen molar-refractivity contribution in [3.8, 4) is 11.8 Å². The van der Waals surface area contributed by atoms with Gasteiger partial charge in [0, 0.05) is 29.1 Å². The average Bonchev–Trinajstić information content (AvgIpc) is 3.11. The van der Waals surface area contributed by atoms with E-state index in [9.17, 15) is 13.6 Å². The average molecular weight is 390 g/mol. The first kappa shape index (κ1) is 18.6. The molecule has 1 aromatic heterocycles. The fourth-order valence-electron chi connectivity index (χ4n) is 3.20. The number of hydrogen-bond donors (Lipinski definition) is 1. The van der Waals surface area contributed by atoms with Crippen molar-refractivity contribution in [2.45, 2.75) is 19.1 Å². The van der Waals surface area contributed by atoms with Crippen LogP contribution in [0.25, 0.3) is 0 Å². The van der Waals surface area contributed by atoms with Crippen LogP contribution in [0.2, 0.25) is 0 Å². The summed E-state index contributed by atoms with van der Waals surface area (Å²) in [5, 5.41) is 2.64. The molecule has 2 atom stereocenters. The molecule has 1 saturated heterocycles. The minimum absolute atomic E-state index is 0.0373. The van der Waals surface area contributed by atoms with Crippen LogP contribution in [0.15, 0.2) is 60.9 Å². The number of ether oxygens (including phenoxy) is 1. The lowest BCUT2D eigenvalue weighted by Gasteiger charge is -2.18. The number of halogens is 2. The van der Waals surface area contributed by atoms with Crippen LogP contribution in [0.4, 0.5) is 13.6 Å². The molecule has 4 rings (SSSR count). The van der Waals surface area contributed by atoms with E-state index in [0.717, 1.165) is 29.3 Å². The number of aromatic nitrogens is 1. The van der Waals surface area contributed by atoms with Gasteiger partial charge in [-0.2, -0.15) is 0 Å². The quantitative estimate of drug-likeness (QED) is 0.651. The Labute approximate surface area is 166 Å². The van der Waals surface area contributed by atoms with Gasteiger partial charge in [-0.3, -0.25) is 4.98 Å². The van der Waals surface area contributed by atoms with Crippen molar-refractivity contribution in [1.29, 1.82) is 0 Å². The van der Waals surface area contributed by atoms with Gasteiger partial charge in [0.05, 0.1) is 0 Å². The summed E-state index contributed by atoms with van der Waals surface area (Å²) >= 11 is 0. The van der Waals surface area contributed by atoms with E-state index in [1.165, 1.54) is 0 Å². The van der Waals surface area contributed by atoms with Crippen molar-refractivity contribution in [2.24, 2.45) is 0 Å². The minimum Gasteiger partial charge on any atom is -0.439 e. The first-order chi connectivity index (χ1) is 14.0. The Balaban J connectivity index is 1.67. The summed E-state index contributed by atoms with van der Waals surface area (Å²) in [5.74, 6) is 4.89. The Kier molecular flexibility index (Phi) is 4.96. The third kappa shape index (κ3) is 3.94. The second kappa shape index (κ2) is 7.72. The standard InChI is InChI=1S/C23H16F2N2O2/c1-14-4-2-3-5-16(14)7-6-15-10-17(13-26-12-15)21-22(29-23(28)27-21)19-11-18(24)8-9-20(19)25/h2-5,8-13,21-22H,1H3,(H,27,28). The van der Waals surface area contributed by atoms with Gasteiger partial charge in [-0.1, -0.05) is 30.0 Å². The third-order valence-electron chi connectivity index (χ3n) is 4.68. The zero-order valence-corrected chi connectivity index (χ0v) is 15.4. The van der Waals surface area contributed by atoms with Crippen LogP contribution in [0.5, 0.6) is 0 Å². The molecule has 1 fully saturated rings. The van der Waals surface area contributed by atoms with E-state index in [1.807, 2.05) is 31.2 Å². The van der Waals surface area contributed by atoms with E-state index in [2.05, 4.69) is 22.1 Å². The highest BCUT2D eigenvalue weighted by molar-refractivity contribution is 5.71. The van der Waals surface area contributed by atoms with E-state index in [1.54, 1.807) is 18.5 Å². The van der Waals surface area contributed by atoms with Crippen LogP contribution in [0.3, 0.4) is 0 Å². The predicted molar refractivity (Wildman–Crippen MR) is 103 cm³/mol. The number of alkyl carbamates (subject to hydrolysis) is 1. The fourth-order valence-corrected chi connectivity index (χ4v) is 3.20. The highest BCUT2D eigenvalue weighted by atomic mass is 19.1. The largest absolute Gasteiger partial charge is 0.439 e. The normalized spacial score (nSPS) is 17.8. The molecule has 1 aliphatic rings. The summed E-state index contributed by atoms with van der Waals surface area (Å²) in [6.45, 7) is 1.97. The molecular formula is C23H16F2N2O2. The molecule has 0 bridgehead atoms. The molecule has 1 N–H and O–H groups in total. The maximum Gasteiger partial charge on any atom is 0.408 e. The molecule has 29 heavy (non-hydrogen) atoms. The van der Waals surface area contributed by atoms with Gasteiger partial charge in [0.2, 0.25) is 0 Å². The Bertz CT molecular complexity index is 1150. The van der Waals surface area contributed by atoms with Crippen molar-refractivity contribution in [3.63, 3.8) is 0 Å². The number of carbonyl (C=O) groups excluding carboxylic acids is 1.